The minimum absolute atomic E-state index is 0.0559. The summed E-state index contributed by atoms with van der Waals surface area (Å²) in [7, 11) is 0. The summed E-state index contributed by atoms with van der Waals surface area (Å²) in [5.41, 5.74) is -0.662. The molecule has 0 aromatic heterocycles. The molecule has 0 aromatic carbocycles. The number of carbonyl (C=O) groups excluding carboxylic acids is 1. The summed E-state index contributed by atoms with van der Waals surface area (Å²) in [6.07, 6.45) is 6.73. The molecule has 2 N–H and O–H groups in total. The van der Waals surface area contributed by atoms with Crippen LogP contribution in [0.4, 0.5) is 0 Å². The molecule has 1 saturated carbocycles. The number of unbranched alkanes of at least 4 members (excludes halogenated alkanes) is 1. The van der Waals surface area contributed by atoms with Crippen molar-refractivity contribution in [3.05, 3.63) is 0 Å². The van der Waals surface area contributed by atoms with Crippen molar-refractivity contribution in [1.82, 2.24) is 10.2 Å². The van der Waals surface area contributed by atoms with Crippen LogP contribution in [-0.2, 0) is 4.79 Å². The van der Waals surface area contributed by atoms with Gasteiger partial charge in [-0.25, -0.2) is 0 Å². The van der Waals surface area contributed by atoms with E-state index in [1.54, 1.807) is 0 Å². The van der Waals surface area contributed by atoms with E-state index in [0.29, 0.717) is 6.54 Å². The molecule has 5 heteroatoms. The molecule has 1 fully saturated rings. The molecule has 5 nitrogen and oxygen atoms in total. The Morgan fingerprint density at radius 2 is 2.05 bits per heavy atom. The lowest BCUT2D eigenvalue weighted by Crippen LogP contribution is -2.52. The van der Waals surface area contributed by atoms with Gasteiger partial charge >= 0.3 is 0 Å². The van der Waals surface area contributed by atoms with Crippen LogP contribution in [0, 0.1) is 11.3 Å². The molecule has 1 amide bonds. The summed E-state index contributed by atoms with van der Waals surface area (Å²) in [5.74, 6) is -0.0991. The lowest BCUT2D eigenvalue weighted by atomic mass is 9.83. The van der Waals surface area contributed by atoms with Crippen LogP contribution in [-0.4, -0.2) is 47.7 Å². The fourth-order valence-corrected chi connectivity index (χ4v) is 2.72. The lowest BCUT2D eigenvalue weighted by Gasteiger charge is -2.32. The molecule has 20 heavy (non-hydrogen) atoms. The first kappa shape index (κ1) is 16.9. The highest BCUT2D eigenvalue weighted by molar-refractivity contribution is 5.79. The summed E-state index contributed by atoms with van der Waals surface area (Å²) in [5, 5.41) is 21.3. The average molecular weight is 281 g/mol. The van der Waals surface area contributed by atoms with E-state index in [2.05, 4.69) is 18.3 Å². The van der Waals surface area contributed by atoms with Gasteiger partial charge in [0.25, 0.3) is 0 Å². The van der Waals surface area contributed by atoms with Gasteiger partial charge in [0.15, 0.2) is 0 Å². The van der Waals surface area contributed by atoms with Gasteiger partial charge < -0.3 is 10.4 Å². The van der Waals surface area contributed by atoms with Crippen molar-refractivity contribution >= 4 is 5.91 Å². The third-order valence-corrected chi connectivity index (χ3v) is 3.91. The van der Waals surface area contributed by atoms with E-state index < -0.39 is 5.54 Å². The number of nitriles is 1. The fraction of sp³-hybridized carbons (Fsp3) is 0.867. The Morgan fingerprint density at radius 3 is 2.60 bits per heavy atom. The second-order valence-corrected chi connectivity index (χ2v) is 5.66. The van der Waals surface area contributed by atoms with Gasteiger partial charge in [0, 0.05) is 6.54 Å². The molecular formula is C15H27N3O2. The number of aliphatic hydroxyl groups excluding tert-OH is 1. The molecule has 0 atom stereocenters. The first-order valence-corrected chi connectivity index (χ1v) is 7.71. The van der Waals surface area contributed by atoms with Crippen molar-refractivity contribution in [2.45, 2.75) is 57.4 Å². The molecule has 0 aliphatic heterocycles. The standard InChI is InChI=1S/C15H27N3O2/c1-2-3-9-18(10-11-19)12-14(20)17-15(13-16)7-5-4-6-8-15/h19H,2-12H2,1H3,(H,17,20). The smallest absolute Gasteiger partial charge is 0.235 e. The summed E-state index contributed by atoms with van der Waals surface area (Å²) >= 11 is 0. The van der Waals surface area contributed by atoms with Gasteiger partial charge in [-0.15, -0.1) is 0 Å². The van der Waals surface area contributed by atoms with E-state index in [-0.39, 0.29) is 19.1 Å². The zero-order valence-corrected chi connectivity index (χ0v) is 12.5. The van der Waals surface area contributed by atoms with Crippen LogP contribution in [0.2, 0.25) is 0 Å². The molecule has 0 spiro atoms. The number of carbonyl (C=O) groups is 1. The van der Waals surface area contributed by atoms with E-state index in [4.69, 9.17) is 5.11 Å². The zero-order valence-electron chi connectivity index (χ0n) is 12.5. The highest BCUT2D eigenvalue weighted by atomic mass is 16.3. The van der Waals surface area contributed by atoms with Crippen molar-refractivity contribution in [3.63, 3.8) is 0 Å². The van der Waals surface area contributed by atoms with E-state index in [0.717, 1.165) is 51.5 Å². The van der Waals surface area contributed by atoms with Gasteiger partial charge in [0.2, 0.25) is 5.91 Å². The van der Waals surface area contributed by atoms with Crippen molar-refractivity contribution in [2.75, 3.05) is 26.2 Å². The number of nitrogens with zero attached hydrogens (tertiary/aromatic N) is 2. The minimum atomic E-state index is -0.662. The monoisotopic (exact) mass is 281 g/mol. The Balaban J connectivity index is 2.48. The summed E-state index contributed by atoms with van der Waals surface area (Å²) in [4.78, 5) is 14.1. The summed E-state index contributed by atoms with van der Waals surface area (Å²) in [6.45, 7) is 3.74. The van der Waals surface area contributed by atoms with E-state index >= 15 is 0 Å². The fourth-order valence-electron chi connectivity index (χ4n) is 2.72. The average Bonchev–Trinajstić information content (AvgIpc) is 2.46. The van der Waals surface area contributed by atoms with E-state index in [9.17, 15) is 10.1 Å². The minimum Gasteiger partial charge on any atom is -0.395 e. The Kier molecular flexibility index (Phi) is 7.56. The topological polar surface area (TPSA) is 76.4 Å². The number of nitrogens with one attached hydrogen (secondary N) is 1. The van der Waals surface area contributed by atoms with Gasteiger partial charge in [0.1, 0.15) is 5.54 Å². The second-order valence-electron chi connectivity index (χ2n) is 5.66. The molecule has 0 bridgehead atoms. The molecule has 114 valence electrons. The molecule has 0 heterocycles. The van der Waals surface area contributed by atoms with Crippen molar-refractivity contribution in [2.24, 2.45) is 0 Å². The van der Waals surface area contributed by atoms with E-state index in [1.807, 2.05) is 4.90 Å². The normalized spacial score (nSPS) is 17.7. The maximum atomic E-state index is 12.1. The van der Waals surface area contributed by atoms with Crippen molar-refractivity contribution in [1.29, 1.82) is 5.26 Å². The van der Waals surface area contributed by atoms with Gasteiger partial charge in [-0.3, -0.25) is 9.69 Å². The molecular weight excluding hydrogens is 254 g/mol. The Hall–Kier alpha value is -1.12. The van der Waals surface area contributed by atoms with Crippen molar-refractivity contribution < 1.29 is 9.90 Å². The van der Waals surface area contributed by atoms with Crippen LogP contribution in [0.5, 0.6) is 0 Å². The quantitative estimate of drug-likeness (QED) is 0.705. The molecule has 1 aliphatic carbocycles. The molecule has 0 aromatic rings. The largest absolute Gasteiger partial charge is 0.395 e. The number of hydrogen-bond acceptors (Lipinski definition) is 4. The van der Waals surface area contributed by atoms with Crippen LogP contribution >= 0.6 is 0 Å². The number of rotatable bonds is 8. The van der Waals surface area contributed by atoms with Crippen molar-refractivity contribution in [3.8, 4) is 6.07 Å². The predicted octanol–water partition coefficient (Wildman–Crippen LogP) is 1.42. The molecule has 1 aliphatic rings. The third kappa shape index (κ3) is 5.48. The Labute approximate surface area is 122 Å². The summed E-state index contributed by atoms with van der Waals surface area (Å²) < 4.78 is 0. The maximum absolute atomic E-state index is 12.1. The van der Waals surface area contributed by atoms with E-state index in [1.165, 1.54) is 0 Å². The van der Waals surface area contributed by atoms with Gasteiger partial charge in [0.05, 0.1) is 19.2 Å². The van der Waals surface area contributed by atoms with Gasteiger partial charge in [-0.1, -0.05) is 32.6 Å². The van der Waals surface area contributed by atoms with Crippen LogP contribution in [0.15, 0.2) is 0 Å². The van der Waals surface area contributed by atoms with Crippen LogP contribution in [0.25, 0.3) is 0 Å². The predicted molar refractivity (Wildman–Crippen MR) is 78.0 cm³/mol. The lowest BCUT2D eigenvalue weighted by molar-refractivity contribution is -0.124. The summed E-state index contributed by atoms with van der Waals surface area (Å²) in [6, 6.07) is 2.30. The highest BCUT2D eigenvalue weighted by Crippen LogP contribution is 2.27. The Bertz CT molecular complexity index is 333. The first-order chi connectivity index (χ1) is 9.65. The first-order valence-electron chi connectivity index (χ1n) is 7.71. The van der Waals surface area contributed by atoms with Gasteiger partial charge in [-0.2, -0.15) is 5.26 Å². The third-order valence-electron chi connectivity index (χ3n) is 3.91. The SMILES string of the molecule is CCCCN(CCO)CC(=O)NC1(C#N)CCCCC1. The molecule has 0 unspecified atom stereocenters. The van der Waals surface area contributed by atoms with Gasteiger partial charge in [-0.05, 0) is 25.8 Å². The van der Waals surface area contributed by atoms with Crippen LogP contribution in [0.3, 0.4) is 0 Å². The number of hydrogen-bond donors (Lipinski definition) is 2. The number of amides is 1. The van der Waals surface area contributed by atoms with Crippen LogP contribution in [0.1, 0.15) is 51.9 Å². The second kappa shape index (κ2) is 8.93. The molecule has 1 rings (SSSR count). The maximum Gasteiger partial charge on any atom is 0.235 e. The zero-order chi connectivity index (χ0) is 14.8. The van der Waals surface area contributed by atoms with Crippen LogP contribution < -0.4 is 5.32 Å². The number of aliphatic hydroxyl groups is 1. The molecule has 0 saturated heterocycles. The highest BCUT2D eigenvalue weighted by Gasteiger charge is 2.33. The Morgan fingerprint density at radius 1 is 1.35 bits per heavy atom. The molecule has 0 radical (unpaired) electrons.